The zero-order valence-corrected chi connectivity index (χ0v) is 21.4. The highest BCUT2D eigenvalue weighted by Gasteiger charge is 2.17. The lowest BCUT2D eigenvalue weighted by molar-refractivity contribution is 0.568. The molecule has 0 fully saturated rings. The van der Waals surface area contributed by atoms with Gasteiger partial charge in [0.25, 0.3) is 5.56 Å². The number of halogens is 2. The van der Waals surface area contributed by atoms with E-state index < -0.39 is 0 Å². The fourth-order valence-electron chi connectivity index (χ4n) is 3.99. The van der Waals surface area contributed by atoms with Gasteiger partial charge in [-0.05, 0) is 55.3 Å². The van der Waals surface area contributed by atoms with Gasteiger partial charge in [0.05, 0.1) is 23.3 Å². The van der Waals surface area contributed by atoms with E-state index in [1.807, 2.05) is 78.6 Å². The fraction of sp³-hybridized carbons (Fsp3) is 0.154. The minimum Gasteiger partial charge on any atom is -0.463 e. The van der Waals surface area contributed by atoms with Crippen molar-refractivity contribution in [3.8, 4) is 17.1 Å². The van der Waals surface area contributed by atoms with E-state index in [1.54, 1.807) is 17.0 Å². The van der Waals surface area contributed by atoms with Crippen molar-refractivity contribution in [3.63, 3.8) is 0 Å². The Labute approximate surface area is 215 Å². The van der Waals surface area contributed by atoms with Gasteiger partial charge in [0, 0.05) is 29.0 Å². The van der Waals surface area contributed by atoms with E-state index in [0.717, 1.165) is 28.4 Å². The van der Waals surface area contributed by atoms with Crippen LogP contribution in [0.2, 0.25) is 10.0 Å². The highest BCUT2D eigenvalue weighted by atomic mass is 35.5. The molecule has 0 atom stereocenters. The Balaban J connectivity index is 1.62. The molecule has 0 N–H and O–H groups in total. The minimum atomic E-state index is -0.170. The molecule has 0 amide bonds. The predicted octanol–water partition coefficient (Wildman–Crippen LogP) is 6.39. The van der Waals surface area contributed by atoms with E-state index >= 15 is 0 Å². The van der Waals surface area contributed by atoms with Crippen molar-refractivity contribution in [2.45, 2.75) is 19.9 Å². The number of hydrogen-bond acceptors (Lipinski definition) is 4. The average molecular weight is 525 g/mol. The molecule has 0 aliphatic carbocycles. The standard InChI is InChI=1S/C26H22Cl2N4O2S/c1-17-24(25(33)32(30(17)2)20-7-4-3-5-8-20)29-26-31(22(16-35-26)23-9-6-14-34-23)13-12-18-10-11-19(27)15-21(18)28/h3-11,14-16H,12-13H2,1-2H3. The lowest BCUT2D eigenvalue weighted by Gasteiger charge is -2.09. The lowest BCUT2D eigenvalue weighted by atomic mass is 10.1. The summed E-state index contributed by atoms with van der Waals surface area (Å²) in [6.07, 6.45) is 2.31. The molecule has 35 heavy (non-hydrogen) atoms. The van der Waals surface area contributed by atoms with Gasteiger partial charge in [-0.15, -0.1) is 11.3 Å². The van der Waals surface area contributed by atoms with Gasteiger partial charge < -0.3 is 8.98 Å². The van der Waals surface area contributed by atoms with Crippen molar-refractivity contribution in [3.05, 3.63) is 109 Å². The number of thiazole rings is 1. The maximum Gasteiger partial charge on any atom is 0.297 e. The quantitative estimate of drug-likeness (QED) is 0.258. The molecule has 3 aromatic heterocycles. The summed E-state index contributed by atoms with van der Waals surface area (Å²) in [6.45, 7) is 2.50. The molecule has 2 aromatic carbocycles. The van der Waals surface area contributed by atoms with Crippen LogP contribution in [-0.2, 0) is 20.0 Å². The molecule has 9 heteroatoms. The Bertz CT molecular complexity index is 1610. The Morgan fingerprint density at radius 1 is 1.06 bits per heavy atom. The monoisotopic (exact) mass is 524 g/mol. The van der Waals surface area contributed by atoms with Crippen LogP contribution in [0, 0.1) is 6.92 Å². The van der Waals surface area contributed by atoms with E-state index in [0.29, 0.717) is 33.5 Å². The normalized spacial score (nSPS) is 11.9. The van der Waals surface area contributed by atoms with Crippen molar-refractivity contribution in [2.24, 2.45) is 12.0 Å². The number of para-hydroxylation sites is 1. The summed E-state index contributed by atoms with van der Waals surface area (Å²) in [4.78, 5) is 19.0. The number of aryl methyl sites for hydroxylation is 1. The van der Waals surface area contributed by atoms with E-state index in [2.05, 4.69) is 4.57 Å². The van der Waals surface area contributed by atoms with Crippen LogP contribution in [0.5, 0.6) is 0 Å². The van der Waals surface area contributed by atoms with E-state index in [9.17, 15) is 4.79 Å². The molecule has 0 aliphatic heterocycles. The summed E-state index contributed by atoms with van der Waals surface area (Å²) in [7, 11) is 1.86. The molecule has 0 unspecified atom stereocenters. The van der Waals surface area contributed by atoms with E-state index in [4.69, 9.17) is 32.6 Å². The minimum absolute atomic E-state index is 0.170. The van der Waals surface area contributed by atoms with Crippen LogP contribution in [-0.4, -0.2) is 13.9 Å². The van der Waals surface area contributed by atoms with Gasteiger partial charge in [-0.1, -0.05) is 47.5 Å². The molecule has 0 aliphatic rings. The van der Waals surface area contributed by atoms with Crippen LogP contribution >= 0.6 is 34.5 Å². The molecular weight excluding hydrogens is 503 g/mol. The van der Waals surface area contributed by atoms with Gasteiger partial charge in [0.2, 0.25) is 0 Å². The van der Waals surface area contributed by atoms with E-state index in [-0.39, 0.29) is 5.56 Å². The molecule has 0 radical (unpaired) electrons. The number of hydrogen-bond donors (Lipinski definition) is 0. The molecule has 178 valence electrons. The van der Waals surface area contributed by atoms with Crippen LogP contribution in [0.4, 0.5) is 5.69 Å². The Morgan fingerprint density at radius 2 is 1.86 bits per heavy atom. The van der Waals surface area contributed by atoms with Crippen LogP contribution in [0.15, 0.2) is 86.5 Å². The number of aromatic nitrogens is 3. The third-order valence-corrected chi connectivity index (χ3v) is 7.37. The number of nitrogens with zero attached hydrogens (tertiary/aromatic N) is 4. The van der Waals surface area contributed by atoms with Gasteiger partial charge in [-0.3, -0.25) is 9.48 Å². The smallest absolute Gasteiger partial charge is 0.297 e. The van der Waals surface area contributed by atoms with Gasteiger partial charge in [0.1, 0.15) is 0 Å². The second-order valence-electron chi connectivity index (χ2n) is 8.04. The molecule has 0 spiro atoms. The predicted molar refractivity (Wildman–Crippen MR) is 141 cm³/mol. The summed E-state index contributed by atoms with van der Waals surface area (Å²) >= 11 is 13.9. The van der Waals surface area contributed by atoms with E-state index in [1.165, 1.54) is 11.3 Å². The largest absolute Gasteiger partial charge is 0.463 e. The number of rotatable bonds is 6. The summed E-state index contributed by atoms with van der Waals surface area (Å²) in [5.41, 5.74) is 3.67. The molecule has 0 saturated carbocycles. The second-order valence-corrected chi connectivity index (χ2v) is 9.72. The van der Waals surface area contributed by atoms with Crippen molar-refractivity contribution >= 4 is 40.2 Å². The Morgan fingerprint density at radius 3 is 2.57 bits per heavy atom. The third kappa shape index (κ3) is 4.55. The number of benzene rings is 2. The number of furan rings is 1. The van der Waals surface area contributed by atoms with Crippen LogP contribution in [0.25, 0.3) is 17.1 Å². The molecule has 3 heterocycles. The first-order valence-electron chi connectivity index (χ1n) is 11.0. The lowest BCUT2D eigenvalue weighted by Crippen LogP contribution is -2.20. The molecular formula is C26H22Cl2N4O2S. The van der Waals surface area contributed by atoms with Crippen LogP contribution in [0.1, 0.15) is 11.3 Å². The second kappa shape index (κ2) is 9.77. The van der Waals surface area contributed by atoms with Crippen molar-refractivity contribution in [1.82, 2.24) is 13.9 Å². The first-order chi connectivity index (χ1) is 16.9. The first-order valence-corrected chi connectivity index (χ1v) is 12.6. The highest BCUT2D eigenvalue weighted by Crippen LogP contribution is 2.25. The summed E-state index contributed by atoms with van der Waals surface area (Å²) in [5.74, 6) is 0.733. The summed E-state index contributed by atoms with van der Waals surface area (Å²) in [6, 6.07) is 18.8. The van der Waals surface area contributed by atoms with Crippen LogP contribution < -0.4 is 10.4 Å². The van der Waals surface area contributed by atoms with Crippen molar-refractivity contribution in [2.75, 3.05) is 0 Å². The highest BCUT2D eigenvalue weighted by molar-refractivity contribution is 7.07. The summed E-state index contributed by atoms with van der Waals surface area (Å²) in [5, 5.41) is 3.22. The maximum atomic E-state index is 13.4. The molecule has 6 nitrogen and oxygen atoms in total. The zero-order valence-electron chi connectivity index (χ0n) is 19.1. The molecule has 0 saturated heterocycles. The third-order valence-electron chi connectivity index (χ3n) is 5.92. The first kappa shape index (κ1) is 23.5. The topological polar surface area (TPSA) is 57.4 Å². The maximum absolute atomic E-state index is 13.4. The van der Waals surface area contributed by atoms with Crippen LogP contribution in [0.3, 0.4) is 0 Å². The Kier molecular flexibility index (Phi) is 6.56. The molecule has 5 aromatic rings. The van der Waals surface area contributed by atoms with Gasteiger partial charge >= 0.3 is 0 Å². The van der Waals surface area contributed by atoms with Gasteiger partial charge in [-0.25, -0.2) is 9.67 Å². The average Bonchev–Trinajstić information content (AvgIpc) is 3.56. The van der Waals surface area contributed by atoms with Crippen molar-refractivity contribution < 1.29 is 4.42 Å². The SMILES string of the molecule is Cc1c(N=c2scc(-c3ccco3)n2CCc2ccc(Cl)cc2Cl)c(=O)n(-c2ccccc2)n1C. The van der Waals surface area contributed by atoms with Crippen molar-refractivity contribution in [1.29, 1.82) is 0 Å². The van der Waals surface area contributed by atoms with Gasteiger partial charge in [0.15, 0.2) is 16.2 Å². The fourth-order valence-corrected chi connectivity index (χ4v) is 5.42. The molecule has 5 rings (SSSR count). The summed E-state index contributed by atoms with van der Waals surface area (Å²) < 4.78 is 11.2. The van der Waals surface area contributed by atoms with Gasteiger partial charge in [-0.2, -0.15) is 0 Å². The zero-order chi connectivity index (χ0) is 24.5. The molecule has 0 bridgehead atoms. The Hall–Kier alpha value is -3.26.